The Labute approximate surface area is 184 Å². The number of aromatic nitrogens is 4. The van der Waals surface area contributed by atoms with E-state index in [2.05, 4.69) is 16.3 Å². The van der Waals surface area contributed by atoms with Crippen LogP contribution >= 0.6 is 23.2 Å². The maximum atomic E-state index is 6.06. The van der Waals surface area contributed by atoms with Crippen LogP contribution in [-0.4, -0.2) is 26.2 Å². The molecule has 0 unspecified atom stereocenters. The van der Waals surface area contributed by atoms with E-state index >= 15 is 0 Å². The van der Waals surface area contributed by atoms with Crippen LogP contribution in [0.5, 0.6) is 0 Å². The van der Waals surface area contributed by atoms with Crippen LogP contribution in [0.4, 0.5) is 11.6 Å². The third-order valence-electron chi connectivity index (χ3n) is 5.25. The second-order valence-corrected chi connectivity index (χ2v) is 8.24. The van der Waals surface area contributed by atoms with Crippen molar-refractivity contribution in [2.75, 3.05) is 16.9 Å². The highest BCUT2D eigenvalue weighted by molar-refractivity contribution is 6.30. The molecule has 2 aromatic carbocycles. The average Bonchev–Trinajstić information content (AvgIpc) is 3.29. The number of halogens is 2. The van der Waals surface area contributed by atoms with Gasteiger partial charge in [-0.2, -0.15) is 10.2 Å². The highest BCUT2D eigenvalue weighted by atomic mass is 35.5. The molecule has 0 saturated carbocycles. The van der Waals surface area contributed by atoms with Crippen molar-refractivity contribution >= 4 is 34.8 Å². The van der Waals surface area contributed by atoms with Gasteiger partial charge in [0.1, 0.15) is 11.6 Å². The lowest BCUT2D eigenvalue weighted by atomic mass is 10.2. The second kappa shape index (κ2) is 7.38. The molecular weight excluding hydrogens is 419 g/mol. The monoisotopic (exact) mass is 438 g/mol. The Morgan fingerprint density at radius 3 is 2.07 bits per heavy atom. The first-order valence-corrected chi connectivity index (χ1v) is 10.4. The zero-order chi connectivity index (χ0) is 20.8. The van der Waals surface area contributed by atoms with Gasteiger partial charge in [0.05, 0.1) is 36.0 Å². The van der Waals surface area contributed by atoms with Crippen molar-refractivity contribution in [2.45, 2.75) is 20.4 Å². The SMILES string of the molecule is Cc1cc(N2CNc3c(c(C)nn3-c3ccc(Cl)cc3)C2)n(-c2ccc(Cl)cc2)n1. The quantitative estimate of drug-likeness (QED) is 0.466. The summed E-state index contributed by atoms with van der Waals surface area (Å²) in [7, 11) is 0. The van der Waals surface area contributed by atoms with Crippen LogP contribution < -0.4 is 10.2 Å². The first-order valence-electron chi connectivity index (χ1n) is 9.65. The Balaban J connectivity index is 1.50. The molecular formula is C22H20Cl2N6. The summed E-state index contributed by atoms with van der Waals surface area (Å²) >= 11 is 12.1. The molecule has 0 aliphatic carbocycles. The lowest BCUT2D eigenvalue weighted by molar-refractivity contribution is 0.742. The van der Waals surface area contributed by atoms with Gasteiger partial charge in [0, 0.05) is 21.7 Å². The molecule has 6 nitrogen and oxygen atoms in total. The zero-order valence-corrected chi connectivity index (χ0v) is 18.1. The molecule has 0 atom stereocenters. The molecule has 2 aromatic heterocycles. The third-order valence-corrected chi connectivity index (χ3v) is 5.75. The van der Waals surface area contributed by atoms with E-state index in [1.165, 1.54) is 0 Å². The number of hydrogen-bond donors (Lipinski definition) is 1. The minimum Gasteiger partial charge on any atom is -0.352 e. The molecule has 0 amide bonds. The van der Waals surface area contributed by atoms with E-state index in [9.17, 15) is 0 Å². The summed E-state index contributed by atoms with van der Waals surface area (Å²) in [6.45, 7) is 5.42. The molecule has 152 valence electrons. The van der Waals surface area contributed by atoms with Gasteiger partial charge in [-0.25, -0.2) is 9.36 Å². The predicted molar refractivity (Wildman–Crippen MR) is 121 cm³/mol. The van der Waals surface area contributed by atoms with Gasteiger partial charge in [-0.3, -0.25) is 0 Å². The molecule has 1 N–H and O–H groups in total. The molecule has 1 aliphatic rings. The number of anilines is 2. The van der Waals surface area contributed by atoms with Gasteiger partial charge in [-0.05, 0) is 62.4 Å². The highest BCUT2D eigenvalue weighted by Gasteiger charge is 2.26. The molecule has 0 spiro atoms. The average molecular weight is 439 g/mol. The number of nitrogens with zero attached hydrogens (tertiary/aromatic N) is 5. The van der Waals surface area contributed by atoms with Crippen LogP contribution in [-0.2, 0) is 6.54 Å². The number of rotatable bonds is 3. The molecule has 3 heterocycles. The molecule has 1 aliphatic heterocycles. The number of benzene rings is 2. The van der Waals surface area contributed by atoms with E-state index in [1.807, 2.05) is 71.7 Å². The van der Waals surface area contributed by atoms with Gasteiger partial charge < -0.3 is 10.2 Å². The molecule has 0 fully saturated rings. The van der Waals surface area contributed by atoms with Crippen molar-refractivity contribution in [3.63, 3.8) is 0 Å². The largest absolute Gasteiger partial charge is 0.352 e. The maximum Gasteiger partial charge on any atom is 0.136 e. The summed E-state index contributed by atoms with van der Waals surface area (Å²) in [4.78, 5) is 2.26. The fraction of sp³-hybridized carbons (Fsp3) is 0.182. The minimum atomic E-state index is 0.643. The summed E-state index contributed by atoms with van der Waals surface area (Å²) in [5.74, 6) is 2.03. The van der Waals surface area contributed by atoms with E-state index in [4.69, 9.17) is 33.4 Å². The molecule has 4 aromatic rings. The van der Waals surface area contributed by atoms with Crippen LogP contribution in [0.25, 0.3) is 11.4 Å². The summed E-state index contributed by atoms with van der Waals surface area (Å²) in [5, 5.41) is 14.4. The molecule has 0 radical (unpaired) electrons. The van der Waals surface area contributed by atoms with E-state index in [-0.39, 0.29) is 0 Å². The van der Waals surface area contributed by atoms with Gasteiger partial charge in [-0.15, -0.1) is 0 Å². The lowest BCUT2D eigenvalue weighted by Crippen LogP contribution is -2.35. The van der Waals surface area contributed by atoms with Gasteiger partial charge in [0.15, 0.2) is 0 Å². The van der Waals surface area contributed by atoms with E-state index in [0.29, 0.717) is 16.7 Å². The van der Waals surface area contributed by atoms with Gasteiger partial charge in [0.2, 0.25) is 0 Å². The van der Waals surface area contributed by atoms with Crippen LogP contribution in [0.2, 0.25) is 10.0 Å². The van der Waals surface area contributed by atoms with Gasteiger partial charge in [-0.1, -0.05) is 23.2 Å². The number of hydrogen-bond acceptors (Lipinski definition) is 4. The second-order valence-electron chi connectivity index (χ2n) is 7.37. The van der Waals surface area contributed by atoms with Crippen molar-refractivity contribution in [3.8, 4) is 11.4 Å². The van der Waals surface area contributed by atoms with Crippen LogP contribution in [0.3, 0.4) is 0 Å². The molecule has 8 heteroatoms. The molecule has 0 bridgehead atoms. The van der Waals surface area contributed by atoms with Crippen LogP contribution in [0.1, 0.15) is 17.0 Å². The summed E-state index contributed by atoms with van der Waals surface area (Å²) in [6.07, 6.45) is 0. The standard InChI is InChI=1S/C22H20Cl2N6/c1-14-11-21(29(26-14)18-7-3-16(23)4-8-18)28-12-20-15(2)27-30(22(20)25-13-28)19-9-5-17(24)6-10-19/h3-11,25H,12-13H2,1-2H3. The maximum absolute atomic E-state index is 6.06. The van der Waals surface area contributed by atoms with Crippen LogP contribution in [0, 0.1) is 13.8 Å². The summed E-state index contributed by atoms with van der Waals surface area (Å²) in [5.41, 5.74) is 5.07. The minimum absolute atomic E-state index is 0.643. The number of aryl methyl sites for hydroxylation is 2. The van der Waals surface area contributed by atoms with Crippen molar-refractivity contribution in [1.82, 2.24) is 19.6 Å². The Bertz CT molecular complexity index is 1210. The Morgan fingerprint density at radius 2 is 1.43 bits per heavy atom. The Morgan fingerprint density at radius 1 is 0.833 bits per heavy atom. The fourth-order valence-electron chi connectivity index (χ4n) is 3.76. The van der Waals surface area contributed by atoms with E-state index in [0.717, 1.165) is 46.5 Å². The van der Waals surface area contributed by atoms with E-state index in [1.54, 1.807) is 0 Å². The Hall–Kier alpha value is -2.96. The zero-order valence-electron chi connectivity index (χ0n) is 16.6. The van der Waals surface area contributed by atoms with E-state index < -0.39 is 0 Å². The number of fused-ring (bicyclic) bond motifs is 1. The topological polar surface area (TPSA) is 50.9 Å². The summed E-state index contributed by atoms with van der Waals surface area (Å²) in [6, 6.07) is 17.5. The van der Waals surface area contributed by atoms with Crippen molar-refractivity contribution < 1.29 is 0 Å². The van der Waals surface area contributed by atoms with Gasteiger partial charge >= 0.3 is 0 Å². The fourth-order valence-corrected chi connectivity index (χ4v) is 4.01. The third kappa shape index (κ3) is 3.32. The van der Waals surface area contributed by atoms with Gasteiger partial charge in [0.25, 0.3) is 0 Å². The van der Waals surface area contributed by atoms with Crippen molar-refractivity contribution in [3.05, 3.63) is 81.6 Å². The number of nitrogens with one attached hydrogen (secondary N) is 1. The first-order chi connectivity index (χ1) is 14.5. The van der Waals surface area contributed by atoms with Crippen molar-refractivity contribution in [1.29, 1.82) is 0 Å². The van der Waals surface area contributed by atoms with Crippen molar-refractivity contribution in [2.24, 2.45) is 0 Å². The molecule has 30 heavy (non-hydrogen) atoms. The smallest absolute Gasteiger partial charge is 0.136 e. The highest BCUT2D eigenvalue weighted by Crippen LogP contribution is 2.32. The normalized spacial score (nSPS) is 13.3. The molecule has 5 rings (SSSR count). The lowest BCUT2D eigenvalue weighted by Gasteiger charge is -2.30. The first kappa shape index (κ1) is 19.0. The molecule has 0 saturated heterocycles. The van der Waals surface area contributed by atoms with Crippen LogP contribution in [0.15, 0.2) is 54.6 Å². The Kier molecular flexibility index (Phi) is 4.68. The summed E-state index contributed by atoms with van der Waals surface area (Å²) < 4.78 is 3.90. The predicted octanol–water partition coefficient (Wildman–Crippen LogP) is 5.37.